The SMILES string of the molecule is CC(=O)C1CN(S(=O)(=O)N(C)C)CCN1[n+]1cc(=N)o[n-]1. The molecule has 1 aliphatic rings. The van der Waals surface area contributed by atoms with Crippen LogP contribution in [0.2, 0.25) is 0 Å². The van der Waals surface area contributed by atoms with Crippen molar-refractivity contribution in [3.8, 4) is 0 Å². The van der Waals surface area contributed by atoms with Gasteiger partial charge in [-0.05, 0) is 12.2 Å². The van der Waals surface area contributed by atoms with Crippen LogP contribution in [0.4, 0.5) is 0 Å². The van der Waals surface area contributed by atoms with Crippen LogP contribution in [-0.2, 0) is 15.0 Å². The number of ketones is 1. The molecule has 1 atom stereocenters. The van der Waals surface area contributed by atoms with Crippen molar-refractivity contribution in [1.82, 2.24) is 13.9 Å². The lowest BCUT2D eigenvalue weighted by molar-refractivity contribution is -0.766. The van der Waals surface area contributed by atoms with E-state index >= 15 is 0 Å². The molecule has 0 aromatic carbocycles. The van der Waals surface area contributed by atoms with Gasteiger partial charge in [0.15, 0.2) is 0 Å². The first-order valence-electron chi connectivity index (χ1n) is 6.28. The van der Waals surface area contributed by atoms with E-state index in [4.69, 9.17) is 5.41 Å². The van der Waals surface area contributed by atoms with E-state index in [1.807, 2.05) is 0 Å². The molecule has 118 valence electrons. The molecule has 0 saturated carbocycles. The number of rotatable bonds is 4. The Labute approximate surface area is 122 Å². The second-order valence-corrected chi connectivity index (χ2v) is 7.07. The van der Waals surface area contributed by atoms with Gasteiger partial charge in [0.05, 0.1) is 6.04 Å². The van der Waals surface area contributed by atoms with Crippen molar-refractivity contribution < 1.29 is 22.5 Å². The number of carbonyl (C=O) groups excluding carboxylic acids is 1. The van der Waals surface area contributed by atoms with Gasteiger partial charge < -0.3 is 4.52 Å². The molecule has 2 heterocycles. The fraction of sp³-hybridized carbons (Fsp3) is 0.700. The number of Topliss-reactive ketones (excluding diaryl/α,β-unsaturated/α-hetero) is 1. The summed E-state index contributed by atoms with van der Waals surface area (Å²) in [7, 11) is -0.674. The van der Waals surface area contributed by atoms with E-state index in [0.717, 1.165) is 4.31 Å². The maximum absolute atomic E-state index is 12.2. The fourth-order valence-corrected chi connectivity index (χ4v) is 3.24. The van der Waals surface area contributed by atoms with Gasteiger partial charge in [0.1, 0.15) is 5.78 Å². The van der Waals surface area contributed by atoms with Crippen LogP contribution in [0.15, 0.2) is 10.7 Å². The summed E-state index contributed by atoms with van der Waals surface area (Å²) in [5.74, 6) is -0.185. The molecule has 0 bridgehead atoms. The Morgan fingerprint density at radius 2 is 2.19 bits per heavy atom. The Balaban J connectivity index is 2.27. The molecule has 2 rings (SSSR count). The Morgan fingerprint density at radius 1 is 1.52 bits per heavy atom. The number of hydrogen-bond acceptors (Lipinski definition) is 6. The first-order valence-corrected chi connectivity index (χ1v) is 7.68. The molecule has 21 heavy (non-hydrogen) atoms. The fourth-order valence-electron chi connectivity index (χ4n) is 2.13. The summed E-state index contributed by atoms with van der Waals surface area (Å²) < 4.78 is 31.3. The van der Waals surface area contributed by atoms with Crippen molar-refractivity contribution in [3.05, 3.63) is 11.8 Å². The highest BCUT2D eigenvalue weighted by Gasteiger charge is 2.36. The van der Waals surface area contributed by atoms with Crippen LogP contribution in [0, 0.1) is 5.41 Å². The predicted octanol–water partition coefficient (Wildman–Crippen LogP) is -2.98. The van der Waals surface area contributed by atoms with E-state index in [1.54, 1.807) is 5.01 Å². The molecule has 11 heteroatoms. The van der Waals surface area contributed by atoms with Crippen LogP contribution in [0.1, 0.15) is 6.92 Å². The lowest BCUT2D eigenvalue weighted by Gasteiger charge is -2.40. The number of piperazine rings is 1. The molecule has 1 fully saturated rings. The Hall–Kier alpha value is -1.72. The number of nitrogens with zero attached hydrogens (tertiary/aromatic N) is 5. The minimum Gasteiger partial charge on any atom is -0.380 e. The molecule has 0 aliphatic carbocycles. The third-order valence-corrected chi connectivity index (χ3v) is 5.20. The first-order chi connectivity index (χ1) is 9.73. The van der Waals surface area contributed by atoms with E-state index in [-0.39, 0.29) is 31.0 Å². The molecule has 0 radical (unpaired) electrons. The van der Waals surface area contributed by atoms with Crippen LogP contribution in [-0.4, -0.2) is 62.6 Å². The molecule has 1 aromatic rings. The van der Waals surface area contributed by atoms with Crippen LogP contribution in [0.5, 0.6) is 0 Å². The Bertz CT molecular complexity index is 678. The summed E-state index contributed by atoms with van der Waals surface area (Å²) in [6, 6.07) is -0.678. The van der Waals surface area contributed by atoms with Crippen molar-refractivity contribution in [2.24, 2.45) is 0 Å². The van der Waals surface area contributed by atoms with Crippen molar-refractivity contribution in [2.45, 2.75) is 13.0 Å². The predicted molar refractivity (Wildman–Crippen MR) is 69.8 cm³/mol. The van der Waals surface area contributed by atoms with Crippen molar-refractivity contribution in [3.63, 3.8) is 0 Å². The quantitative estimate of drug-likeness (QED) is 0.592. The largest absolute Gasteiger partial charge is 0.380 e. The summed E-state index contributed by atoms with van der Waals surface area (Å²) in [6.45, 7) is 1.92. The summed E-state index contributed by atoms with van der Waals surface area (Å²) in [5, 5.41) is 12.6. The van der Waals surface area contributed by atoms with Gasteiger partial charge in [-0.15, -0.1) is 0 Å². The molecule has 10 nitrogen and oxygen atoms in total. The molecule has 1 unspecified atom stereocenters. The Morgan fingerprint density at radius 3 is 2.67 bits per heavy atom. The highest BCUT2D eigenvalue weighted by Crippen LogP contribution is 2.12. The second-order valence-electron chi connectivity index (χ2n) is 4.92. The topological polar surface area (TPSA) is 116 Å². The van der Waals surface area contributed by atoms with Gasteiger partial charge in [-0.1, -0.05) is 4.79 Å². The van der Waals surface area contributed by atoms with E-state index in [0.29, 0.717) is 0 Å². The van der Waals surface area contributed by atoms with Crippen LogP contribution >= 0.6 is 0 Å². The van der Waals surface area contributed by atoms with Gasteiger partial charge >= 0.3 is 0 Å². The normalized spacial score (nSPS) is 21.0. The molecule has 1 N–H and O–H groups in total. The average molecular weight is 318 g/mol. The van der Waals surface area contributed by atoms with E-state index in [9.17, 15) is 13.2 Å². The zero-order valence-corrected chi connectivity index (χ0v) is 12.9. The molecule has 1 aliphatic heterocycles. The highest BCUT2D eigenvalue weighted by molar-refractivity contribution is 7.86. The standard InChI is InChI=1S/C10H18N6O4S/c1-8(17)9-6-14(21(18,19)13(2)3)4-5-15(9)16-7-10(11)20-12-16/h7,9,11H,4-6H2,1-3H3. The zero-order chi connectivity index (χ0) is 15.8. The van der Waals surface area contributed by atoms with Gasteiger partial charge in [0.25, 0.3) is 22.0 Å². The summed E-state index contributed by atoms with van der Waals surface area (Å²) in [6.07, 6.45) is 1.33. The van der Waals surface area contributed by atoms with Gasteiger partial charge in [0, 0.05) is 33.7 Å². The van der Waals surface area contributed by atoms with Gasteiger partial charge in [-0.3, -0.25) is 15.2 Å². The average Bonchev–Trinajstić information content (AvgIpc) is 2.84. The highest BCUT2D eigenvalue weighted by atomic mass is 32.2. The summed E-state index contributed by atoms with van der Waals surface area (Å²) in [5.41, 5.74) is -0.138. The van der Waals surface area contributed by atoms with Crippen molar-refractivity contribution in [2.75, 3.05) is 38.7 Å². The molecule has 0 spiro atoms. The second kappa shape index (κ2) is 5.58. The molecule has 1 aromatic heterocycles. The molecular formula is C10H18N6O4S. The summed E-state index contributed by atoms with van der Waals surface area (Å²) >= 11 is 0. The Kier molecular flexibility index (Phi) is 4.16. The van der Waals surface area contributed by atoms with E-state index < -0.39 is 16.3 Å². The van der Waals surface area contributed by atoms with Crippen molar-refractivity contribution in [1.29, 1.82) is 5.41 Å². The van der Waals surface area contributed by atoms with Crippen LogP contribution in [0.3, 0.4) is 0 Å². The molecule has 1 saturated heterocycles. The number of nitrogens with one attached hydrogen (secondary N) is 1. The minimum absolute atomic E-state index is 0.0308. The van der Waals surface area contributed by atoms with Crippen LogP contribution < -0.4 is 20.6 Å². The smallest absolute Gasteiger partial charge is 0.286 e. The third-order valence-electron chi connectivity index (χ3n) is 3.29. The summed E-state index contributed by atoms with van der Waals surface area (Å²) in [4.78, 5) is 13.1. The van der Waals surface area contributed by atoms with Crippen LogP contribution in [0.25, 0.3) is 0 Å². The molecular weight excluding hydrogens is 300 g/mol. The van der Waals surface area contributed by atoms with E-state index in [1.165, 1.54) is 36.3 Å². The lowest BCUT2D eigenvalue weighted by atomic mass is 10.1. The number of carbonyl (C=O) groups is 1. The monoisotopic (exact) mass is 318 g/mol. The molecule has 0 amide bonds. The first kappa shape index (κ1) is 15.7. The van der Waals surface area contributed by atoms with Gasteiger partial charge in [-0.25, -0.2) is 0 Å². The van der Waals surface area contributed by atoms with Gasteiger partial charge in [0.2, 0.25) is 0 Å². The maximum atomic E-state index is 12.2. The number of hydrogen-bond donors (Lipinski definition) is 1. The minimum atomic E-state index is -3.57. The van der Waals surface area contributed by atoms with Crippen molar-refractivity contribution >= 4 is 16.0 Å². The number of aromatic nitrogens is 2. The third kappa shape index (κ3) is 2.99. The van der Waals surface area contributed by atoms with Gasteiger partial charge in [-0.2, -0.15) is 17.0 Å². The van der Waals surface area contributed by atoms with E-state index in [2.05, 4.69) is 9.79 Å². The maximum Gasteiger partial charge on any atom is 0.286 e. The zero-order valence-electron chi connectivity index (χ0n) is 12.1. The lowest BCUT2D eigenvalue weighted by Crippen LogP contribution is -2.73.